The van der Waals surface area contributed by atoms with Crippen LogP contribution in [-0.4, -0.2) is 30.2 Å². The van der Waals surface area contributed by atoms with Gasteiger partial charge in [0.2, 0.25) is 0 Å². The highest BCUT2D eigenvalue weighted by Crippen LogP contribution is 2.27. The smallest absolute Gasteiger partial charge is 0.320 e. The summed E-state index contributed by atoms with van der Waals surface area (Å²) in [7, 11) is 0. The molecule has 1 aromatic carbocycles. The number of rotatable bonds is 4. The summed E-state index contributed by atoms with van der Waals surface area (Å²) in [5.41, 5.74) is 8.05. The average Bonchev–Trinajstić information content (AvgIpc) is 2.69. The Morgan fingerprint density at radius 1 is 1.50 bits per heavy atom. The first kappa shape index (κ1) is 11.0. The van der Waals surface area contributed by atoms with Crippen molar-refractivity contribution in [2.45, 2.75) is 18.9 Å². The molecule has 3 N–H and O–H groups in total. The standard InChI is InChI=1S/C12H16N2O2/c13-10(12(15)16)6-8-14-7-5-9-3-1-2-4-11(9)14/h1-4,10H,5-8,13H2,(H,15,16). The van der Waals surface area contributed by atoms with Gasteiger partial charge in [0.05, 0.1) is 0 Å². The van der Waals surface area contributed by atoms with Crippen LogP contribution in [-0.2, 0) is 11.2 Å². The number of hydrogen-bond donors (Lipinski definition) is 2. The molecule has 2 rings (SSSR count). The maximum absolute atomic E-state index is 10.6. The highest BCUT2D eigenvalue weighted by Gasteiger charge is 2.20. The van der Waals surface area contributed by atoms with Gasteiger partial charge < -0.3 is 15.7 Å². The molecule has 1 aromatic rings. The molecule has 0 radical (unpaired) electrons. The minimum absolute atomic E-state index is 0.490. The molecule has 0 amide bonds. The molecule has 4 nitrogen and oxygen atoms in total. The van der Waals surface area contributed by atoms with Crippen LogP contribution in [0.15, 0.2) is 24.3 Å². The van der Waals surface area contributed by atoms with Crippen molar-refractivity contribution in [2.75, 3.05) is 18.0 Å². The third-order valence-electron chi connectivity index (χ3n) is 3.01. The van der Waals surface area contributed by atoms with Gasteiger partial charge >= 0.3 is 5.97 Å². The fraction of sp³-hybridized carbons (Fsp3) is 0.417. The molecule has 0 saturated heterocycles. The first-order valence-corrected chi connectivity index (χ1v) is 5.49. The molecule has 1 aliphatic heterocycles. The summed E-state index contributed by atoms with van der Waals surface area (Å²) in [6, 6.07) is 7.48. The maximum Gasteiger partial charge on any atom is 0.320 e. The van der Waals surface area contributed by atoms with E-state index in [1.54, 1.807) is 0 Å². The number of benzene rings is 1. The number of carboxylic acids is 1. The summed E-state index contributed by atoms with van der Waals surface area (Å²) < 4.78 is 0. The third kappa shape index (κ3) is 2.17. The lowest BCUT2D eigenvalue weighted by Crippen LogP contribution is -2.35. The molecule has 0 aliphatic carbocycles. The summed E-state index contributed by atoms with van der Waals surface area (Å²) in [4.78, 5) is 12.8. The monoisotopic (exact) mass is 220 g/mol. The molecule has 1 heterocycles. The van der Waals surface area contributed by atoms with Gasteiger partial charge in [0.25, 0.3) is 0 Å². The molecule has 1 unspecified atom stereocenters. The minimum atomic E-state index is -0.924. The first-order chi connectivity index (χ1) is 7.68. The van der Waals surface area contributed by atoms with Gasteiger partial charge in [-0.15, -0.1) is 0 Å². The number of para-hydroxylation sites is 1. The maximum atomic E-state index is 10.6. The van der Waals surface area contributed by atoms with Gasteiger partial charge in [-0.2, -0.15) is 0 Å². The highest BCUT2D eigenvalue weighted by molar-refractivity contribution is 5.73. The van der Waals surface area contributed by atoms with Crippen molar-refractivity contribution in [1.29, 1.82) is 0 Å². The Labute approximate surface area is 94.7 Å². The third-order valence-corrected chi connectivity index (χ3v) is 3.01. The van der Waals surface area contributed by atoms with Crippen LogP contribution < -0.4 is 10.6 Å². The van der Waals surface area contributed by atoms with E-state index < -0.39 is 12.0 Å². The molecule has 0 fully saturated rings. The summed E-state index contributed by atoms with van der Waals surface area (Å²) in [6.07, 6.45) is 1.53. The van der Waals surface area contributed by atoms with Crippen molar-refractivity contribution < 1.29 is 9.90 Å². The second-order valence-corrected chi connectivity index (χ2v) is 4.10. The molecule has 16 heavy (non-hydrogen) atoms. The van der Waals surface area contributed by atoms with Gasteiger partial charge in [-0.25, -0.2) is 0 Å². The van der Waals surface area contributed by atoms with Crippen molar-refractivity contribution in [3.05, 3.63) is 29.8 Å². The summed E-state index contributed by atoms with van der Waals surface area (Å²) in [5, 5.41) is 8.71. The number of carboxylic acid groups (broad SMARTS) is 1. The molecule has 86 valence electrons. The highest BCUT2D eigenvalue weighted by atomic mass is 16.4. The molecular formula is C12H16N2O2. The van der Waals surface area contributed by atoms with Gasteiger partial charge in [0, 0.05) is 18.8 Å². The van der Waals surface area contributed by atoms with E-state index in [0.29, 0.717) is 13.0 Å². The average molecular weight is 220 g/mol. The Morgan fingerprint density at radius 2 is 2.25 bits per heavy atom. The van der Waals surface area contributed by atoms with Crippen molar-refractivity contribution in [1.82, 2.24) is 0 Å². The van der Waals surface area contributed by atoms with Gasteiger partial charge in [-0.3, -0.25) is 4.79 Å². The quantitative estimate of drug-likeness (QED) is 0.789. The number of nitrogens with two attached hydrogens (primary N) is 1. The number of hydrogen-bond acceptors (Lipinski definition) is 3. The van der Waals surface area contributed by atoms with Gasteiger partial charge in [-0.05, 0) is 24.5 Å². The Morgan fingerprint density at radius 3 is 3.00 bits per heavy atom. The van der Waals surface area contributed by atoms with Crippen molar-refractivity contribution >= 4 is 11.7 Å². The van der Waals surface area contributed by atoms with Crippen molar-refractivity contribution in [3.63, 3.8) is 0 Å². The lowest BCUT2D eigenvalue weighted by atomic mass is 10.2. The second kappa shape index (κ2) is 4.53. The molecule has 1 aliphatic rings. The Balaban J connectivity index is 1.96. The summed E-state index contributed by atoms with van der Waals surface area (Å²) >= 11 is 0. The van der Waals surface area contributed by atoms with E-state index in [-0.39, 0.29) is 0 Å². The zero-order chi connectivity index (χ0) is 11.5. The van der Waals surface area contributed by atoms with E-state index in [1.165, 1.54) is 11.3 Å². The van der Waals surface area contributed by atoms with Gasteiger partial charge in [0.1, 0.15) is 6.04 Å². The lowest BCUT2D eigenvalue weighted by molar-refractivity contribution is -0.138. The topological polar surface area (TPSA) is 66.6 Å². The molecular weight excluding hydrogens is 204 g/mol. The van der Waals surface area contributed by atoms with E-state index in [9.17, 15) is 4.79 Å². The van der Waals surface area contributed by atoms with Crippen LogP contribution in [0.25, 0.3) is 0 Å². The van der Waals surface area contributed by atoms with Crippen LogP contribution in [0.5, 0.6) is 0 Å². The van der Waals surface area contributed by atoms with Crippen LogP contribution in [0.2, 0.25) is 0 Å². The van der Waals surface area contributed by atoms with E-state index in [2.05, 4.69) is 17.0 Å². The number of nitrogens with zero attached hydrogens (tertiary/aromatic N) is 1. The van der Waals surface area contributed by atoms with Crippen molar-refractivity contribution in [2.24, 2.45) is 5.73 Å². The number of anilines is 1. The van der Waals surface area contributed by atoms with Gasteiger partial charge in [-0.1, -0.05) is 18.2 Å². The van der Waals surface area contributed by atoms with Crippen LogP contribution in [0.4, 0.5) is 5.69 Å². The number of aliphatic carboxylic acids is 1. The number of fused-ring (bicyclic) bond motifs is 1. The Kier molecular flexibility index (Phi) is 3.10. The Bertz CT molecular complexity index is 392. The van der Waals surface area contributed by atoms with Crippen molar-refractivity contribution in [3.8, 4) is 0 Å². The number of carbonyl (C=O) groups is 1. The lowest BCUT2D eigenvalue weighted by Gasteiger charge is -2.20. The molecule has 1 atom stereocenters. The van der Waals surface area contributed by atoms with Gasteiger partial charge in [0.15, 0.2) is 0 Å². The van der Waals surface area contributed by atoms with Crippen LogP contribution in [0.1, 0.15) is 12.0 Å². The molecule has 0 spiro atoms. The fourth-order valence-corrected chi connectivity index (χ4v) is 2.06. The van der Waals surface area contributed by atoms with Crippen LogP contribution in [0.3, 0.4) is 0 Å². The Hall–Kier alpha value is -1.55. The van der Waals surface area contributed by atoms with E-state index in [4.69, 9.17) is 10.8 Å². The molecule has 0 bridgehead atoms. The van der Waals surface area contributed by atoms with E-state index in [0.717, 1.165) is 13.0 Å². The fourth-order valence-electron chi connectivity index (χ4n) is 2.06. The predicted molar refractivity (Wildman–Crippen MR) is 62.6 cm³/mol. The second-order valence-electron chi connectivity index (χ2n) is 4.10. The van der Waals surface area contributed by atoms with E-state index >= 15 is 0 Å². The summed E-state index contributed by atoms with van der Waals surface area (Å²) in [5.74, 6) is -0.924. The zero-order valence-corrected chi connectivity index (χ0v) is 9.10. The largest absolute Gasteiger partial charge is 0.480 e. The zero-order valence-electron chi connectivity index (χ0n) is 9.10. The normalized spacial score (nSPS) is 15.9. The first-order valence-electron chi connectivity index (χ1n) is 5.49. The molecule has 0 saturated carbocycles. The summed E-state index contributed by atoms with van der Waals surface area (Å²) in [6.45, 7) is 1.68. The van der Waals surface area contributed by atoms with Crippen LogP contribution in [0, 0.1) is 0 Å². The molecule has 0 aromatic heterocycles. The molecule has 4 heteroatoms. The SMILES string of the molecule is NC(CCN1CCc2ccccc21)C(=O)O. The van der Waals surface area contributed by atoms with Crippen LogP contribution >= 0.6 is 0 Å². The predicted octanol–water partition coefficient (Wildman–Crippen LogP) is 0.851. The van der Waals surface area contributed by atoms with E-state index in [1.807, 2.05) is 12.1 Å². The minimum Gasteiger partial charge on any atom is -0.480 e.